The predicted molar refractivity (Wildman–Crippen MR) is 115 cm³/mol. The number of carbonyl (C=O) groups is 2. The quantitative estimate of drug-likeness (QED) is 0.604. The van der Waals surface area contributed by atoms with Crippen LogP contribution in [0.15, 0.2) is 78.9 Å². The average Bonchev–Trinajstić information content (AvgIpc) is 3.04. The van der Waals surface area contributed by atoms with Crippen molar-refractivity contribution < 1.29 is 9.59 Å². The molecule has 30 heavy (non-hydrogen) atoms. The molecule has 2 atom stereocenters. The Hall–Kier alpha value is -3.20. The van der Waals surface area contributed by atoms with Gasteiger partial charge in [-0.25, -0.2) is 0 Å². The summed E-state index contributed by atoms with van der Waals surface area (Å²) in [6, 6.07) is 26.6. The molecule has 0 aromatic heterocycles. The van der Waals surface area contributed by atoms with E-state index < -0.39 is 10.8 Å². The summed E-state index contributed by atoms with van der Waals surface area (Å²) >= 11 is 0. The number of benzene rings is 3. The number of nitrogens with zero attached hydrogens (tertiary/aromatic N) is 1. The molecule has 3 aromatic carbocycles. The van der Waals surface area contributed by atoms with E-state index in [0.29, 0.717) is 6.54 Å². The van der Waals surface area contributed by atoms with E-state index in [2.05, 4.69) is 62.4 Å². The fraction of sp³-hybridized carbons (Fsp3) is 0.259. The van der Waals surface area contributed by atoms with Gasteiger partial charge in [-0.3, -0.25) is 14.5 Å². The van der Waals surface area contributed by atoms with Crippen LogP contribution in [0.2, 0.25) is 0 Å². The lowest BCUT2D eigenvalue weighted by Gasteiger charge is -2.57. The van der Waals surface area contributed by atoms with Crippen LogP contribution in [0.25, 0.3) is 0 Å². The zero-order valence-electron chi connectivity index (χ0n) is 17.1. The Labute approximate surface area is 176 Å². The summed E-state index contributed by atoms with van der Waals surface area (Å²) in [5, 5.41) is 0. The number of carbonyl (C=O) groups excluding carboxylic acids is 2. The molecule has 2 unspecified atom stereocenters. The Morgan fingerprint density at radius 1 is 0.633 bits per heavy atom. The van der Waals surface area contributed by atoms with Crippen molar-refractivity contribution in [2.75, 3.05) is 0 Å². The topological polar surface area (TPSA) is 37.4 Å². The summed E-state index contributed by atoms with van der Waals surface area (Å²) in [5.41, 5.74) is 4.73. The van der Waals surface area contributed by atoms with Crippen LogP contribution in [0.3, 0.4) is 0 Å². The second-order valence-electron chi connectivity index (χ2n) is 9.20. The summed E-state index contributed by atoms with van der Waals surface area (Å²) in [7, 11) is 0. The Morgan fingerprint density at radius 3 is 1.40 bits per heavy atom. The zero-order valence-corrected chi connectivity index (χ0v) is 17.1. The summed E-state index contributed by atoms with van der Waals surface area (Å²) in [4.78, 5) is 29.1. The summed E-state index contributed by atoms with van der Waals surface area (Å²) in [6.45, 7) is 4.67. The van der Waals surface area contributed by atoms with Crippen LogP contribution < -0.4 is 0 Å². The molecule has 1 fully saturated rings. The first-order valence-electron chi connectivity index (χ1n) is 10.6. The van der Waals surface area contributed by atoms with Crippen LogP contribution in [-0.4, -0.2) is 16.7 Å². The van der Waals surface area contributed by atoms with Crippen LogP contribution in [-0.2, 0) is 27.0 Å². The van der Waals surface area contributed by atoms with E-state index in [9.17, 15) is 9.59 Å². The van der Waals surface area contributed by atoms with Crippen LogP contribution >= 0.6 is 0 Å². The average molecular weight is 393 g/mol. The second kappa shape index (κ2) is 5.69. The number of rotatable bonds is 2. The highest BCUT2D eigenvalue weighted by molar-refractivity contribution is 6.08. The molecule has 1 saturated heterocycles. The van der Waals surface area contributed by atoms with Gasteiger partial charge in [0.15, 0.2) is 0 Å². The molecule has 4 aliphatic rings. The smallest absolute Gasteiger partial charge is 0.234 e. The molecule has 3 nitrogen and oxygen atoms in total. The Kier molecular flexibility index (Phi) is 3.35. The Bertz CT molecular complexity index is 1090. The maximum Gasteiger partial charge on any atom is 0.234 e. The highest BCUT2D eigenvalue weighted by Crippen LogP contribution is 2.66. The number of imide groups is 1. The van der Waals surface area contributed by atoms with Gasteiger partial charge in [0.1, 0.15) is 0 Å². The van der Waals surface area contributed by atoms with E-state index in [1.165, 1.54) is 27.2 Å². The third-order valence-electron chi connectivity index (χ3n) is 7.92. The number of amides is 2. The lowest BCUT2D eigenvalue weighted by molar-refractivity contribution is -0.141. The molecule has 3 heteroatoms. The van der Waals surface area contributed by atoms with Crippen LogP contribution in [0.4, 0.5) is 0 Å². The van der Waals surface area contributed by atoms with Crippen molar-refractivity contribution in [1.29, 1.82) is 0 Å². The van der Waals surface area contributed by atoms with Crippen molar-refractivity contribution in [3.8, 4) is 0 Å². The fourth-order valence-corrected chi connectivity index (χ4v) is 6.55. The van der Waals surface area contributed by atoms with Gasteiger partial charge in [-0.15, -0.1) is 0 Å². The highest BCUT2D eigenvalue weighted by atomic mass is 16.2. The van der Waals surface area contributed by atoms with Gasteiger partial charge in [-0.1, -0.05) is 92.7 Å². The fourth-order valence-electron chi connectivity index (χ4n) is 6.55. The third-order valence-corrected chi connectivity index (χ3v) is 7.92. The summed E-state index contributed by atoms with van der Waals surface area (Å²) in [5.74, 6) is -0.815. The highest BCUT2D eigenvalue weighted by Gasteiger charge is 2.70. The second-order valence-corrected chi connectivity index (χ2v) is 9.20. The zero-order chi connectivity index (χ0) is 20.7. The van der Waals surface area contributed by atoms with Crippen molar-refractivity contribution in [2.24, 2.45) is 11.8 Å². The van der Waals surface area contributed by atoms with E-state index in [0.717, 1.165) is 5.56 Å². The Balaban J connectivity index is 1.59. The first kappa shape index (κ1) is 17.6. The molecular formula is C27H23NO2. The normalized spacial score (nSPS) is 30.8. The maximum atomic E-state index is 13.8. The molecular weight excluding hydrogens is 370 g/mol. The van der Waals surface area contributed by atoms with Crippen LogP contribution in [0.5, 0.6) is 0 Å². The van der Waals surface area contributed by atoms with Crippen molar-refractivity contribution in [1.82, 2.24) is 4.90 Å². The number of hydrogen-bond acceptors (Lipinski definition) is 2. The van der Waals surface area contributed by atoms with Crippen LogP contribution in [0, 0.1) is 11.8 Å². The summed E-state index contributed by atoms with van der Waals surface area (Å²) in [6.07, 6.45) is 0. The Morgan fingerprint density at radius 2 is 1.00 bits per heavy atom. The molecule has 3 aliphatic carbocycles. The monoisotopic (exact) mass is 393 g/mol. The van der Waals surface area contributed by atoms with Crippen molar-refractivity contribution in [2.45, 2.75) is 31.2 Å². The molecule has 7 rings (SSSR count). The van der Waals surface area contributed by atoms with E-state index in [4.69, 9.17) is 0 Å². The molecule has 1 heterocycles. The lowest BCUT2D eigenvalue weighted by atomic mass is 9.42. The van der Waals surface area contributed by atoms with Gasteiger partial charge in [0.2, 0.25) is 11.8 Å². The minimum Gasteiger partial charge on any atom is -0.278 e. The first-order chi connectivity index (χ1) is 14.5. The van der Waals surface area contributed by atoms with Crippen LogP contribution in [0.1, 0.15) is 41.7 Å². The lowest BCUT2D eigenvalue weighted by Crippen LogP contribution is -2.59. The standard InChI is InChI=1S/C27H23NO2/c1-26-18-12-6-8-14-20(18)27(2,21-15-9-7-13-19(21)26)23-22(26)24(29)28(25(23)30)16-17-10-4-3-5-11-17/h3-15,22-23H,16H2,1-2H3. The van der Waals surface area contributed by atoms with E-state index in [1.807, 2.05) is 30.3 Å². The van der Waals surface area contributed by atoms with Gasteiger partial charge < -0.3 is 0 Å². The molecule has 1 aliphatic heterocycles. The van der Waals surface area contributed by atoms with Gasteiger partial charge in [-0.05, 0) is 27.8 Å². The molecule has 2 amide bonds. The van der Waals surface area contributed by atoms with Crippen molar-refractivity contribution in [3.63, 3.8) is 0 Å². The van der Waals surface area contributed by atoms with Gasteiger partial charge in [0.05, 0.1) is 18.4 Å². The van der Waals surface area contributed by atoms with Gasteiger partial charge in [0, 0.05) is 10.8 Å². The molecule has 2 bridgehead atoms. The van der Waals surface area contributed by atoms with Crippen molar-refractivity contribution >= 4 is 11.8 Å². The molecule has 148 valence electrons. The van der Waals surface area contributed by atoms with E-state index >= 15 is 0 Å². The third kappa shape index (κ3) is 1.86. The first-order valence-corrected chi connectivity index (χ1v) is 10.6. The largest absolute Gasteiger partial charge is 0.278 e. The molecule has 0 saturated carbocycles. The predicted octanol–water partition coefficient (Wildman–Crippen LogP) is 4.43. The molecule has 0 radical (unpaired) electrons. The maximum absolute atomic E-state index is 13.8. The molecule has 0 spiro atoms. The van der Waals surface area contributed by atoms with Crippen molar-refractivity contribution in [3.05, 3.63) is 107 Å². The SMILES string of the molecule is CC12c3ccccc3C(C)(c3ccccc31)C1C(=O)N(Cc3ccccc3)C(=O)C12. The van der Waals surface area contributed by atoms with Gasteiger partial charge >= 0.3 is 0 Å². The molecule has 3 aromatic rings. The minimum atomic E-state index is -0.506. The number of likely N-dealkylation sites (tertiary alicyclic amines) is 1. The van der Waals surface area contributed by atoms with Gasteiger partial charge in [0.25, 0.3) is 0 Å². The van der Waals surface area contributed by atoms with E-state index in [1.54, 1.807) is 0 Å². The number of hydrogen-bond donors (Lipinski definition) is 0. The van der Waals surface area contributed by atoms with E-state index in [-0.39, 0.29) is 23.7 Å². The van der Waals surface area contributed by atoms with Gasteiger partial charge in [-0.2, -0.15) is 0 Å². The minimum absolute atomic E-state index is 0.0356. The summed E-state index contributed by atoms with van der Waals surface area (Å²) < 4.78 is 0. The molecule has 0 N–H and O–H groups in total.